The van der Waals surface area contributed by atoms with Gasteiger partial charge in [-0.2, -0.15) is 4.31 Å². The van der Waals surface area contributed by atoms with Gasteiger partial charge in [-0.05, 0) is 54.2 Å². The molecule has 1 N–H and O–H groups in total. The number of carbonyl (C=O) groups is 1. The number of nitrogens with zero attached hydrogens (tertiary/aromatic N) is 3. The lowest BCUT2D eigenvalue weighted by Crippen LogP contribution is -2.42. The molecular formula is C26H32N4O4S. The van der Waals surface area contributed by atoms with Crippen LogP contribution in [0.2, 0.25) is 0 Å². The van der Waals surface area contributed by atoms with Crippen molar-refractivity contribution in [1.82, 2.24) is 19.2 Å². The Balaban J connectivity index is 1.63. The van der Waals surface area contributed by atoms with Gasteiger partial charge in [-0.15, -0.1) is 0 Å². The van der Waals surface area contributed by atoms with Crippen molar-refractivity contribution in [3.8, 4) is 5.75 Å². The second kappa shape index (κ2) is 10.2. The third-order valence-electron chi connectivity index (χ3n) is 6.39. The summed E-state index contributed by atoms with van der Waals surface area (Å²) < 4.78 is 35.5. The number of amides is 1. The van der Waals surface area contributed by atoms with Crippen LogP contribution in [-0.4, -0.2) is 48.4 Å². The molecule has 35 heavy (non-hydrogen) atoms. The molecule has 186 valence electrons. The number of carbonyl (C=O) groups excluding carboxylic acids is 1. The van der Waals surface area contributed by atoms with Crippen molar-refractivity contribution in [3.05, 3.63) is 77.9 Å². The first-order valence-electron chi connectivity index (χ1n) is 11.7. The molecule has 0 radical (unpaired) electrons. The molecular weight excluding hydrogens is 464 g/mol. The number of aromatic nitrogens is 2. The standard InChI is InChI=1S/C26H32N4O4S/c1-18-13-19(2)17-30(16-18)35(32,33)23-10-6-8-21(15-23)26(31)28-24(25-27-11-12-29(25)3)20-7-5-9-22(14-20)34-4/h5-12,14-15,18-19,24H,13,16-17H2,1-4H3,(H,28,31)/t18-,19-,24+/m1/s1. The van der Waals surface area contributed by atoms with E-state index in [-0.39, 0.29) is 10.5 Å². The normalized spacial score (nSPS) is 19.8. The van der Waals surface area contributed by atoms with Crippen LogP contribution in [0.25, 0.3) is 0 Å². The van der Waals surface area contributed by atoms with E-state index in [4.69, 9.17) is 4.74 Å². The Labute approximate surface area is 207 Å². The van der Waals surface area contributed by atoms with Crippen molar-refractivity contribution in [2.75, 3.05) is 20.2 Å². The van der Waals surface area contributed by atoms with Gasteiger partial charge in [-0.25, -0.2) is 13.4 Å². The summed E-state index contributed by atoms with van der Waals surface area (Å²) in [4.78, 5) is 17.9. The molecule has 1 saturated heterocycles. The number of aryl methyl sites for hydroxylation is 1. The van der Waals surface area contributed by atoms with Gasteiger partial charge in [0, 0.05) is 38.1 Å². The number of rotatable bonds is 7. The van der Waals surface area contributed by atoms with Gasteiger partial charge in [0.25, 0.3) is 5.91 Å². The molecule has 0 unspecified atom stereocenters. The maximum Gasteiger partial charge on any atom is 0.252 e. The zero-order valence-electron chi connectivity index (χ0n) is 20.5. The molecule has 0 aliphatic carbocycles. The highest BCUT2D eigenvalue weighted by molar-refractivity contribution is 7.89. The first-order valence-corrected chi connectivity index (χ1v) is 13.1. The van der Waals surface area contributed by atoms with Crippen LogP contribution >= 0.6 is 0 Å². The predicted octanol–water partition coefficient (Wildman–Crippen LogP) is 3.61. The second-order valence-electron chi connectivity index (χ2n) is 9.38. The zero-order chi connectivity index (χ0) is 25.2. The summed E-state index contributed by atoms with van der Waals surface area (Å²) in [6.07, 6.45) is 4.48. The quantitative estimate of drug-likeness (QED) is 0.539. The summed E-state index contributed by atoms with van der Waals surface area (Å²) in [7, 11) is -0.260. The third kappa shape index (κ3) is 5.41. The minimum atomic E-state index is -3.70. The lowest BCUT2D eigenvalue weighted by Gasteiger charge is -2.34. The minimum Gasteiger partial charge on any atom is -0.497 e. The number of imidazole rings is 1. The molecule has 1 aliphatic rings. The average molecular weight is 497 g/mol. The van der Waals surface area contributed by atoms with E-state index in [0.717, 1.165) is 12.0 Å². The molecule has 4 rings (SSSR count). The Bertz CT molecular complexity index is 1290. The van der Waals surface area contributed by atoms with E-state index in [1.54, 1.807) is 31.5 Å². The number of hydrogen-bond donors (Lipinski definition) is 1. The first-order chi connectivity index (χ1) is 16.7. The Morgan fingerprint density at radius 2 is 1.83 bits per heavy atom. The molecule has 1 amide bonds. The molecule has 2 aromatic carbocycles. The van der Waals surface area contributed by atoms with E-state index >= 15 is 0 Å². The summed E-state index contributed by atoms with van der Waals surface area (Å²) in [5.74, 6) is 1.50. The third-order valence-corrected chi connectivity index (χ3v) is 8.22. The van der Waals surface area contributed by atoms with Crippen LogP contribution < -0.4 is 10.1 Å². The van der Waals surface area contributed by atoms with Gasteiger partial charge in [0.05, 0.1) is 12.0 Å². The molecule has 1 fully saturated rings. The fraction of sp³-hybridized carbons (Fsp3) is 0.385. The fourth-order valence-electron chi connectivity index (χ4n) is 4.74. The smallest absolute Gasteiger partial charge is 0.252 e. The Hall–Kier alpha value is -3.17. The molecule has 1 aliphatic heterocycles. The second-order valence-corrected chi connectivity index (χ2v) is 11.3. The van der Waals surface area contributed by atoms with Gasteiger partial charge in [0.1, 0.15) is 17.6 Å². The van der Waals surface area contributed by atoms with E-state index in [1.807, 2.05) is 42.1 Å². The van der Waals surface area contributed by atoms with Crippen LogP contribution in [0, 0.1) is 11.8 Å². The lowest BCUT2D eigenvalue weighted by atomic mass is 9.94. The summed E-state index contributed by atoms with van der Waals surface area (Å²) in [5, 5.41) is 3.03. The number of nitrogens with one attached hydrogen (secondary N) is 1. The number of hydrogen-bond acceptors (Lipinski definition) is 5. The van der Waals surface area contributed by atoms with Crippen molar-refractivity contribution in [1.29, 1.82) is 0 Å². The summed E-state index contributed by atoms with van der Waals surface area (Å²) in [6.45, 7) is 5.11. The van der Waals surface area contributed by atoms with Gasteiger partial charge >= 0.3 is 0 Å². The maximum absolute atomic E-state index is 13.4. The van der Waals surface area contributed by atoms with E-state index < -0.39 is 22.0 Å². The first kappa shape index (κ1) is 24.9. The lowest BCUT2D eigenvalue weighted by molar-refractivity contribution is 0.0941. The van der Waals surface area contributed by atoms with Crippen molar-refractivity contribution in [2.45, 2.75) is 31.2 Å². The molecule has 0 bridgehead atoms. The van der Waals surface area contributed by atoms with Crippen LogP contribution in [0.3, 0.4) is 0 Å². The highest BCUT2D eigenvalue weighted by Gasteiger charge is 2.32. The summed E-state index contributed by atoms with van der Waals surface area (Å²) in [6, 6.07) is 13.1. The fourth-order valence-corrected chi connectivity index (χ4v) is 6.46. The maximum atomic E-state index is 13.4. The topological polar surface area (TPSA) is 93.5 Å². The number of methoxy groups -OCH3 is 1. The van der Waals surface area contributed by atoms with E-state index in [2.05, 4.69) is 24.1 Å². The van der Waals surface area contributed by atoms with Crippen molar-refractivity contribution in [3.63, 3.8) is 0 Å². The van der Waals surface area contributed by atoms with E-state index in [1.165, 1.54) is 10.4 Å². The highest BCUT2D eigenvalue weighted by Crippen LogP contribution is 2.28. The van der Waals surface area contributed by atoms with Gasteiger partial charge in [0.15, 0.2) is 0 Å². The van der Waals surface area contributed by atoms with Crippen molar-refractivity contribution >= 4 is 15.9 Å². The summed E-state index contributed by atoms with van der Waals surface area (Å²) >= 11 is 0. The molecule has 2 heterocycles. The van der Waals surface area contributed by atoms with Crippen molar-refractivity contribution < 1.29 is 17.9 Å². The molecule has 3 atom stereocenters. The van der Waals surface area contributed by atoms with Gasteiger partial charge in [0.2, 0.25) is 10.0 Å². The van der Waals surface area contributed by atoms with E-state index in [0.29, 0.717) is 36.5 Å². The largest absolute Gasteiger partial charge is 0.497 e. The molecule has 0 spiro atoms. The van der Waals surface area contributed by atoms with Gasteiger partial charge in [-0.3, -0.25) is 4.79 Å². The van der Waals surface area contributed by atoms with Gasteiger partial charge in [-0.1, -0.05) is 32.0 Å². The Kier molecular flexibility index (Phi) is 7.28. The zero-order valence-corrected chi connectivity index (χ0v) is 21.3. The molecule has 0 saturated carbocycles. The highest BCUT2D eigenvalue weighted by atomic mass is 32.2. The van der Waals surface area contributed by atoms with Crippen LogP contribution in [0.4, 0.5) is 0 Å². The number of sulfonamides is 1. The average Bonchev–Trinajstić information content (AvgIpc) is 3.27. The van der Waals surface area contributed by atoms with Crippen LogP contribution in [0.1, 0.15) is 48.1 Å². The summed E-state index contributed by atoms with van der Waals surface area (Å²) in [5.41, 5.74) is 1.07. The van der Waals surface area contributed by atoms with Crippen LogP contribution in [0.5, 0.6) is 5.75 Å². The number of piperidine rings is 1. The molecule has 9 heteroatoms. The Morgan fingerprint density at radius 3 is 2.49 bits per heavy atom. The minimum absolute atomic E-state index is 0.126. The molecule has 1 aromatic heterocycles. The molecule has 3 aromatic rings. The van der Waals surface area contributed by atoms with Gasteiger partial charge < -0.3 is 14.6 Å². The predicted molar refractivity (Wildman–Crippen MR) is 134 cm³/mol. The van der Waals surface area contributed by atoms with Crippen LogP contribution in [0.15, 0.2) is 65.8 Å². The number of ether oxygens (including phenoxy) is 1. The SMILES string of the molecule is COc1cccc([C@H](NC(=O)c2cccc(S(=O)(=O)N3C[C@H](C)C[C@@H](C)C3)c2)c2nccn2C)c1. The number of benzene rings is 2. The Morgan fingerprint density at radius 1 is 1.11 bits per heavy atom. The van der Waals surface area contributed by atoms with Crippen LogP contribution in [-0.2, 0) is 17.1 Å². The monoisotopic (exact) mass is 496 g/mol. The van der Waals surface area contributed by atoms with E-state index in [9.17, 15) is 13.2 Å². The molecule has 8 nitrogen and oxygen atoms in total. The van der Waals surface area contributed by atoms with Crippen molar-refractivity contribution in [2.24, 2.45) is 18.9 Å².